The fraction of sp³-hybridized carbons (Fsp3) is 0.391. The minimum absolute atomic E-state index is 0.151. The zero-order chi connectivity index (χ0) is 21.4. The molecule has 2 aliphatic rings. The van der Waals surface area contributed by atoms with Gasteiger partial charge >= 0.3 is 11.6 Å². The number of nitrogens with zero attached hydrogens (tertiary/aromatic N) is 1. The first kappa shape index (κ1) is 20.1. The number of carbonyl (C=O) groups excluding carboxylic acids is 3. The summed E-state index contributed by atoms with van der Waals surface area (Å²) < 4.78 is 10.7. The van der Waals surface area contributed by atoms with Gasteiger partial charge in [0.2, 0.25) is 11.8 Å². The highest BCUT2D eigenvalue weighted by Gasteiger charge is 2.50. The summed E-state index contributed by atoms with van der Waals surface area (Å²) in [5.41, 5.74) is 1.44. The van der Waals surface area contributed by atoms with Crippen molar-refractivity contribution in [3.63, 3.8) is 0 Å². The maximum absolute atomic E-state index is 12.7. The summed E-state index contributed by atoms with van der Waals surface area (Å²) in [6.45, 7) is 3.34. The van der Waals surface area contributed by atoms with Crippen LogP contribution in [0.3, 0.4) is 0 Å². The third-order valence-electron chi connectivity index (χ3n) is 5.94. The van der Waals surface area contributed by atoms with Crippen LogP contribution in [0.2, 0.25) is 0 Å². The molecule has 0 saturated carbocycles. The molecule has 1 aromatic heterocycles. The number of rotatable bonds is 5. The highest BCUT2D eigenvalue weighted by molar-refractivity contribution is 6.08. The summed E-state index contributed by atoms with van der Waals surface area (Å²) in [4.78, 5) is 50.9. The molecule has 2 amide bonds. The minimum Gasteiger partial charge on any atom is -0.459 e. The molecule has 156 valence electrons. The van der Waals surface area contributed by atoms with E-state index in [2.05, 4.69) is 0 Å². The molecule has 0 N–H and O–H groups in total. The van der Waals surface area contributed by atoms with Gasteiger partial charge in [0.25, 0.3) is 0 Å². The molecule has 0 bridgehead atoms. The Kier molecular flexibility index (Phi) is 5.28. The molecule has 3 atom stereocenters. The van der Waals surface area contributed by atoms with Crippen LogP contribution in [0.1, 0.15) is 37.8 Å². The second-order valence-corrected chi connectivity index (χ2v) is 7.76. The largest absolute Gasteiger partial charge is 0.459 e. The molecule has 7 heteroatoms. The number of ether oxygens (including phenoxy) is 1. The van der Waals surface area contributed by atoms with E-state index in [9.17, 15) is 19.2 Å². The Bertz CT molecular complexity index is 1090. The number of hydrogen-bond acceptors (Lipinski definition) is 6. The molecule has 0 spiro atoms. The summed E-state index contributed by atoms with van der Waals surface area (Å²) in [5, 5.41) is 0.678. The number of imide groups is 1. The van der Waals surface area contributed by atoms with Gasteiger partial charge in [-0.2, -0.15) is 0 Å². The Balaban J connectivity index is 1.50. The predicted molar refractivity (Wildman–Crippen MR) is 108 cm³/mol. The molecule has 4 rings (SSSR count). The molecular formula is C23H23NO6. The third kappa shape index (κ3) is 3.44. The second kappa shape index (κ2) is 7.89. The number of fused-ring (bicyclic) bond motifs is 2. The minimum atomic E-state index is -1.02. The lowest BCUT2D eigenvalue weighted by Gasteiger charge is -2.21. The highest BCUT2D eigenvalue weighted by atomic mass is 16.5. The molecule has 30 heavy (non-hydrogen) atoms. The van der Waals surface area contributed by atoms with Crippen LogP contribution >= 0.6 is 0 Å². The Morgan fingerprint density at radius 2 is 1.80 bits per heavy atom. The van der Waals surface area contributed by atoms with Crippen LogP contribution in [0, 0.1) is 11.8 Å². The number of hydrogen-bond donors (Lipinski definition) is 0. The average molecular weight is 409 g/mol. The number of likely N-dealkylation sites (tertiary alicyclic amines) is 1. The number of aryl methyl sites for hydroxylation is 1. The first-order chi connectivity index (χ1) is 14.4. The van der Waals surface area contributed by atoms with Crippen molar-refractivity contribution in [1.82, 2.24) is 4.90 Å². The Morgan fingerprint density at radius 1 is 1.13 bits per heavy atom. The van der Waals surface area contributed by atoms with Crippen LogP contribution in [0.4, 0.5) is 0 Å². The molecular weight excluding hydrogens is 386 g/mol. The molecule has 2 aromatic rings. The van der Waals surface area contributed by atoms with E-state index in [1.54, 1.807) is 6.07 Å². The van der Waals surface area contributed by atoms with Crippen molar-refractivity contribution in [2.45, 2.75) is 45.8 Å². The van der Waals surface area contributed by atoms with Gasteiger partial charge in [0, 0.05) is 17.0 Å². The van der Waals surface area contributed by atoms with E-state index < -0.39 is 29.5 Å². The van der Waals surface area contributed by atoms with Crippen molar-refractivity contribution in [1.29, 1.82) is 0 Å². The molecule has 1 aliphatic heterocycles. The Morgan fingerprint density at radius 3 is 2.43 bits per heavy atom. The number of amides is 2. The lowest BCUT2D eigenvalue weighted by atomic mass is 9.85. The van der Waals surface area contributed by atoms with Gasteiger partial charge in [-0.1, -0.05) is 31.2 Å². The van der Waals surface area contributed by atoms with Gasteiger partial charge in [-0.15, -0.1) is 0 Å². The standard InChI is InChI=1S/C23H23NO6/c1-3-14-8-9-16-15(11-20(25)30-19(16)10-14)12-29-23(28)13(2)24-21(26)17-6-4-5-7-18(17)22(24)27/h4-5,8-11,13,17-18H,3,6-7,12H2,1-2H3/t13-,17-,18+/m0/s1. The van der Waals surface area contributed by atoms with Gasteiger partial charge in [-0.3, -0.25) is 14.5 Å². The van der Waals surface area contributed by atoms with E-state index >= 15 is 0 Å². The van der Waals surface area contributed by atoms with Crippen molar-refractivity contribution in [2.75, 3.05) is 0 Å². The Labute approximate surface area is 173 Å². The van der Waals surface area contributed by atoms with Gasteiger partial charge in [-0.25, -0.2) is 9.59 Å². The van der Waals surface area contributed by atoms with Crippen molar-refractivity contribution < 1.29 is 23.5 Å². The molecule has 2 heterocycles. The average Bonchev–Trinajstić information content (AvgIpc) is 3.01. The summed E-state index contributed by atoms with van der Waals surface area (Å²) in [6, 6.07) is 5.82. The van der Waals surface area contributed by atoms with Crippen LogP contribution in [0.15, 0.2) is 45.6 Å². The molecule has 7 nitrogen and oxygen atoms in total. The van der Waals surface area contributed by atoms with Crippen LogP contribution in [0.25, 0.3) is 11.0 Å². The summed E-state index contributed by atoms with van der Waals surface area (Å²) in [6.07, 6.45) is 5.62. The first-order valence-corrected chi connectivity index (χ1v) is 10.1. The highest BCUT2D eigenvalue weighted by Crippen LogP contribution is 2.36. The van der Waals surface area contributed by atoms with Gasteiger partial charge in [0.1, 0.15) is 18.2 Å². The first-order valence-electron chi connectivity index (χ1n) is 10.1. The zero-order valence-corrected chi connectivity index (χ0v) is 16.9. The van der Waals surface area contributed by atoms with Gasteiger partial charge in [-0.05, 0) is 37.8 Å². The SMILES string of the molecule is CCc1ccc2c(COC(=O)[C@H](C)N3C(=O)[C@H]4CC=CC[C@H]4C3=O)cc(=O)oc2c1. The monoisotopic (exact) mass is 409 g/mol. The normalized spacial score (nSPS) is 21.7. The maximum atomic E-state index is 12.7. The maximum Gasteiger partial charge on any atom is 0.336 e. The van der Waals surface area contributed by atoms with E-state index in [1.165, 1.54) is 13.0 Å². The molecule has 1 fully saturated rings. The van der Waals surface area contributed by atoms with Gasteiger partial charge < -0.3 is 9.15 Å². The number of allylic oxidation sites excluding steroid dienone is 2. The Hall–Kier alpha value is -3.22. The van der Waals surface area contributed by atoms with E-state index in [0.29, 0.717) is 29.4 Å². The topological polar surface area (TPSA) is 93.9 Å². The fourth-order valence-corrected chi connectivity index (χ4v) is 4.20. The quantitative estimate of drug-likeness (QED) is 0.326. The zero-order valence-electron chi connectivity index (χ0n) is 16.9. The van der Waals surface area contributed by atoms with E-state index in [-0.39, 0.29) is 18.4 Å². The third-order valence-corrected chi connectivity index (χ3v) is 5.94. The van der Waals surface area contributed by atoms with E-state index in [1.807, 2.05) is 31.2 Å². The van der Waals surface area contributed by atoms with Gasteiger partial charge in [0.05, 0.1) is 11.8 Å². The van der Waals surface area contributed by atoms with Gasteiger partial charge in [0.15, 0.2) is 0 Å². The van der Waals surface area contributed by atoms with Crippen LogP contribution in [0.5, 0.6) is 0 Å². The molecule has 1 aromatic carbocycles. The molecule has 1 aliphatic carbocycles. The van der Waals surface area contributed by atoms with Crippen molar-refractivity contribution in [3.05, 3.63) is 58.0 Å². The van der Waals surface area contributed by atoms with Crippen LogP contribution in [-0.2, 0) is 32.1 Å². The number of benzene rings is 1. The van der Waals surface area contributed by atoms with E-state index in [0.717, 1.165) is 16.9 Å². The molecule has 0 unspecified atom stereocenters. The predicted octanol–water partition coefficient (Wildman–Crippen LogP) is 2.74. The number of carbonyl (C=O) groups is 3. The lowest BCUT2D eigenvalue weighted by molar-refractivity contribution is -0.159. The van der Waals surface area contributed by atoms with E-state index in [4.69, 9.17) is 9.15 Å². The fourth-order valence-electron chi connectivity index (χ4n) is 4.20. The lowest BCUT2D eigenvalue weighted by Crippen LogP contribution is -2.44. The smallest absolute Gasteiger partial charge is 0.336 e. The van der Waals surface area contributed by atoms with Crippen LogP contribution in [-0.4, -0.2) is 28.7 Å². The second-order valence-electron chi connectivity index (χ2n) is 7.76. The molecule has 0 radical (unpaired) electrons. The van der Waals surface area contributed by atoms with Crippen molar-refractivity contribution >= 4 is 28.8 Å². The number of esters is 1. The van der Waals surface area contributed by atoms with Crippen molar-refractivity contribution in [3.8, 4) is 0 Å². The van der Waals surface area contributed by atoms with Crippen molar-refractivity contribution in [2.24, 2.45) is 11.8 Å². The molecule has 1 saturated heterocycles. The summed E-state index contributed by atoms with van der Waals surface area (Å²) in [5.74, 6) is -2.12. The summed E-state index contributed by atoms with van der Waals surface area (Å²) >= 11 is 0. The summed E-state index contributed by atoms with van der Waals surface area (Å²) in [7, 11) is 0. The van der Waals surface area contributed by atoms with Crippen LogP contribution < -0.4 is 5.63 Å².